The van der Waals surface area contributed by atoms with Crippen LogP contribution < -0.4 is 0 Å². The molecule has 14 heteroatoms. The van der Waals surface area contributed by atoms with Crippen molar-refractivity contribution in [2.75, 3.05) is 40.3 Å². The van der Waals surface area contributed by atoms with Gasteiger partial charge in [-0.05, 0) is 23.6 Å². The fraction of sp³-hybridized carbons (Fsp3) is 0.435. The Morgan fingerprint density at radius 1 is 1.24 bits per heavy atom. The monoisotopic (exact) mass is 567 g/mol. The van der Waals surface area contributed by atoms with Gasteiger partial charge in [-0.3, -0.25) is 9.59 Å². The van der Waals surface area contributed by atoms with Crippen molar-refractivity contribution in [1.29, 1.82) is 0 Å². The SMILES string of the molecule is CN(C)C(=O)CC1CN(S(=O)(=O)c2cc3ccc(Cl)cc3s2)CCN1C(=O)c1nc2c(o1)CN(O)CC2. The van der Waals surface area contributed by atoms with Gasteiger partial charge in [0.2, 0.25) is 5.91 Å². The highest BCUT2D eigenvalue weighted by Crippen LogP contribution is 2.34. The van der Waals surface area contributed by atoms with Crippen LogP contribution in [0.4, 0.5) is 0 Å². The quantitative estimate of drug-likeness (QED) is 0.497. The number of hydroxylamine groups is 2. The second-order valence-electron chi connectivity index (χ2n) is 9.28. The number of halogens is 1. The normalized spacial score (nSPS) is 19.2. The average Bonchev–Trinajstić information content (AvgIpc) is 3.47. The van der Waals surface area contributed by atoms with E-state index in [9.17, 15) is 23.2 Å². The zero-order chi connectivity index (χ0) is 26.5. The summed E-state index contributed by atoms with van der Waals surface area (Å²) in [6.07, 6.45) is 0.384. The van der Waals surface area contributed by atoms with E-state index in [4.69, 9.17) is 16.0 Å². The van der Waals surface area contributed by atoms with Crippen molar-refractivity contribution < 1.29 is 27.6 Å². The Hall–Kier alpha value is -2.55. The lowest BCUT2D eigenvalue weighted by Crippen LogP contribution is -2.57. The van der Waals surface area contributed by atoms with Crippen molar-refractivity contribution in [2.45, 2.75) is 29.6 Å². The third-order valence-electron chi connectivity index (χ3n) is 6.56. The second-order valence-corrected chi connectivity index (χ2v) is 13.0. The number of sulfonamides is 1. The van der Waals surface area contributed by atoms with Gasteiger partial charge in [-0.15, -0.1) is 11.3 Å². The maximum absolute atomic E-state index is 13.6. The molecule has 11 nitrogen and oxygen atoms in total. The number of oxazole rings is 1. The number of fused-ring (bicyclic) bond motifs is 2. The van der Waals surface area contributed by atoms with E-state index >= 15 is 0 Å². The van der Waals surface area contributed by atoms with Crippen LogP contribution in [0.15, 0.2) is 32.9 Å². The number of piperazine rings is 1. The zero-order valence-electron chi connectivity index (χ0n) is 20.3. The van der Waals surface area contributed by atoms with Gasteiger partial charge in [0.15, 0.2) is 0 Å². The van der Waals surface area contributed by atoms with E-state index in [0.717, 1.165) is 26.5 Å². The molecule has 1 saturated heterocycles. The maximum Gasteiger partial charge on any atom is 0.310 e. The maximum atomic E-state index is 13.6. The Bertz CT molecular complexity index is 1470. The number of carbonyl (C=O) groups excluding carboxylic acids is 2. The number of hydrogen-bond donors (Lipinski definition) is 1. The largest absolute Gasteiger partial charge is 0.436 e. The van der Waals surface area contributed by atoms with Gasteiger partial charge in [0.25, 0.3) is 15.9 Å². The van der Waals surface area contributed by atoms with Gasteiger partial charge >= 0.3 is 5.91 Å². The van der Waals surface area contributed by atoms with Crippen LogP contribution in [-0.2, 0) is 27.8 Å². The van der Waals surface area contributed by atoms with Gasteiger partial charge in [-0.25, -0.2) is 13.4 Å². The molecule has 1 fully saturated rings. The minimum absolute atomic E-state index is 0.0481. The van der Waals surface area contributed by atoms with Gasteiger partial charge in [-0.1, -0.05) is 17.7 Å². The van der Waals surface area contributed by atoms with Crippen LogP contribution in [0.2, 0.25) is 5.02 Å². The number of thiophene rings is 1. The summed E-state index contributed by atoms with van der Waals surface area (Å²) in [5, 5.41) is 12.1. The van der Waals surface area contributed by atoms with Crippen molar-refractivity contribution in [1.82, 2.24) is 24.2 Å². The van der Waals surface area contributed by atoms with Crippen LogP contribution in [0, 0.1) is 0 Å². The molecule has 0 aliphatic carbocycles. The molecule has 198 valence electrons. The Labute approximate surface area is 222 Å². The minimum Gasteiger partial charge on any atom is -0.436 e. The molecular weight excluding hydrogens is 542 g/mol. The predicted molar refractivity (Wildman–Crippen MR) is 136 cm³/mol. The van der Waals surface area contributed by atoms with Crippen LogP contribution in [0.3, 0.4) is 0 Å². The van der Waals surface area contributed by atoms with Crippen LogP contribution in [-0.4, -0.2) is 95.9 Å². The summed E-state index contributed by atoms with van der Waals surface area (Å²) in [4.78, 5) is 33.2. The first-order chi connectivity index (χ1) is 17.5. The van der Waals surface area contributed by atoms with Gasteiger partial charge in [-0.2, -0.15) is 9.37 Å². The fourth-order valence-corrected chi connectivity index (χ4v) is 7.80. The molecule has 2 amide bonds. The third-order valence-corrected chi connectivity index (χ3v) is 10.2. The molecule has 0 spiro atoms. The summed E-state index contributed by atoms with van der Waals surface area (Å²) in [5.74, 6) is -0.449. The van der Waals surface area contributed by atoms with Gasteiger partial charge in [0.1, 0.15) is 9.97 Å². The molecular formula is C23H26ClN5O6S2. The van der Waals surface area contributed by atoms with Crippen LogP contribution >= 0.6 is 22.9 Å². The van der Waals surface area contributed by atoms with Crippen LogP contribution in [0.5, 0.6) is 0 Å². The number of rotatable bonds is 5. The fourth-order valence-electron chi connectivity index (χ4n) is 4.50. The Morgan fingerprint density at radius 2 is 2.03 bits per heavy atom. The number of amides is 2. The molecule has 2 aromatic heterocycles. The highest BCUT2D eigenvalue weighted by Gasteiger charge is 2.40. The highest BCUT2D eigenvalue weighted by atomic mass is 35.5. The van der Waals surface area contributed by atoms with Gasteiger partial charge < -0.3 is 19.4 Å². The van der Waals surface area contributed by atoms with Crippen LogP contribution in [0.25, 0.3) is 10.1 Å². The van der Waals surface area contributed by atoms with E-state index in [1.165, 1.54) is 14.1 Å². The van der Waals surface area contributed by atoms with Crippen molar-refractivity contribution >= 4 is 54.9 Å². The molecule has 1 aromatic carbocycles. The van der Waals surface area contributed by atoms with E-state index in [1.807, 2.05) is 0 Å². The molecule has 3 aromatic rings. The molecule has 2 aliphatic heterocycles. The van der Waals surface area contributed by atoms with Crippen molar-refractivity contribution in [3.63, 3.8) is 0 Å². The Kier molecular flexibility index (Phi) is 7.02. The smallest absolute Gasteiger partial charge is 0.310 e. The van der Waals surface area contributed by atoms with Crippen molar-refractivity contribution in [3.8, 4) is 0 Å². The number of hydrogen-bond acceptors (Lipinski definition) is 9. The van der Waals surface area contributed by atoms with E-state index in [1.54, 1.807) is 38.4 Å². The lowest BCUT2D eigenvalue weighted by Gasteiger charge is -2.40. The Balaban J connectivity index is 1.41. The van der Waals surface area contributed by atoms with Crippen molar-refractivity contribution in [3.05, 3.63) is 46.6 Å². The molecule has 1 N–H and O–H groups in total. The predicted octanol–water partition coefficient (Wildman–Crippen LogP) is 2.28. The summed E-state index contributed by atoms with van der Waals surface area (Å²) in [6, 6.07) is 6.10. The minimum atomic E-state index is -3.87. The summed E-state index contributed by atoms with van der Waals surface area (Å²) in [6.45, 7) is 0.589. The van der Waals surface area contributed by atoms with Gasteiger partial charge in [0, 0.05) is 62.8 Å². The first kappa shape index (κ1) is 26.1. The number of carbonyl (C=O) groups is 2. The second kappa shape index (κ2) is 9.97. The molecule has 5 rings (SSSR count). The van der Waals surface area contributed by atoms with Crippen LogP contribution in [0.1, 0.15) is 28.6 Å². The topological polar surface area (TPSA) is 128 Å². The third kappa shape index (κ3) is 5.11. The standard InChI is InChI=1S/C23H26ClN5O6S2/c1-26(2)20(30)11-16-12-28(37(33,34)21-9-14-3-4-15(24)10-19(14)36-21)7-8-29(16)23(31)22-25-17-5-6-27(32)13-18(17)35-22/h3-4,9-10,16,32H,5-8,11-13H2,1-2H3. The van der Waals surface area contributed by atoms with E-state index < -0.39 is 22.0 Å². The first-order valence-corrected chi connectivity index (χ1v) is 14.3. The summed E-state index contributed by atoms with van der Waals surface area (Å²) >= 11 is 7.20. The molecule has 37 heavy (non-hydrogen) atoms. The zero-order valence-corrected chi connectivity index (χ0v) is 22.6. The molecule has 1 unspecified atom stereocenters. The molecule has 1 atom stereocenters. The van der Waals surface area contributed by atoms with E-state index in [-0.39, 0.29) is 48.6 Å². The lowest BCUT2D eigenvalue weighted by atomic mass is 10.1. The summed E-state index contributed by atoms with van der Waals surface area (Å²) < 4.78 is 35.0. The van der Waals surface area contributed by atoms with E-state index in [0.29, 0.717) is 29.4 Å². The number of benzene rings is 1. The Morgan fingerprint density at radius 3 is 2.78 bits per heavy atom. The molecule has 2 aliphatic rings. The van der Waals surface area contributed by atoms with Gasteiger partial charge in [0.05, 0.1) is 18.3 Å². The molecule has 4 heterocycles. The number of aromatic nitrogens is 1. The van der Waals surface area contributed by atoms with Crippen molar-refractivity contribution in [2.24, 2.45) is 0 Å². The molecule has 0 saturated carbocycles. The first-order valence-electron chi connectivity index (χ1n) is 11.7. The highest BCUT2D eigenvalue weighted by molar-refractivity contribution is 7.91. The summed E-state index contributed by atoms with van der Waals surface area (Å²) in [7, 11) is -0.658. The number of nitrogens with zero attached hydrogens (tertiary/aromatic N) is 5. The average molecular weight is 568 g/mol. The molecule has 0 bridgehead atoms. The van der Waals surface area contributed by atoms with E-state index in [2.05, 4.69) is 4.98 Å². The summed E-state index contributed by atoms with van der Waals surface area (Å²) in [5.41, 5.74) is 0.612. The lowest BCUT2D eigenvalue weighted by molar-refractivity contribution is -0.130. The molecule has 0 radical (unpaired) electrons.